The maximum Gasteiger partial charge on any atom is 0.253 e. The van der Waals surface area contributed by atoms with Gasteiger partial charge in [-0.1, -0.05) is 29.8 Å². The minimum atomic E-state index is -0.511. The van der Waals surface area contributed by atoms with Crippen LogP contribution in [0.25, 0.3) is 10.2 Å². The number of carbonyl (C=O) groups is 1. The normalized spacial score (nSPS) is 11.6. The van der Waals surface area contributed by atoms with Crippen LogP contribution in [0.2, 0.25) is 5.02 Å². The molecule has 3 aromatic rings. The number of carbonyl (C=O) groups excluding carboxylic acids is 1. The summed E-state index contributed by atoms with van der Waals surface area (Å²) in [6.45, 7) is 4.63. The zero-order chi connectivity index (χ0) is 17.9. The minimum absolute atomic E-state index is 0.158. The van der Waals surface area contributed by atoms with Crippen molar-refractivity contribution in [2.75, 3.05) is 6.61 Å². The van der Waals surface area contributed by atoms with Crippen molar-refractivity contribution in [3.05, 3.63) is 64.1 Å². The van der Waals surface area contributed by atoms with Crippen LogP contribution in [0, 0.1) is 0 Å². The van der Waals surface area contributed by atoms with E-state index >= 15 is 0 Å². The smallest absolute Gasteiger partial charge is 0.253 e. The Hall–Kier alpha value is -1.95. The van der Waals surface area contributed by atoms with E-state index in [4.69, 9.17) is 16.3 Å². The molecule has 0 aliphatic heterocycles. The lowest BCUT2D eigenvalue weighted by atomic mass is 10.1. The maximum absolute atomic E-state index is 12.5. The number of amides is 1. The maximum atomic E-state index is 12.5. The van der Waals surface area contributed by atoms with Gasteiger partial charge in [0, 0.05) is 11.2 Å². The van der Waals surface area contributed by atoms with Gasteiger partial charge in [0.05, 0.1) is 34.5 Å². The summed E-state index contributed by atoms with van der Waals surface area (Å²) < 4.78 is 6.75. The lowest BCUT2D eigenvalue weighted by molar-refractivity contribution is 0.0617. The molecule has 0 fully saturated rings. The second-order valence-electron chi connectivity index (χ2n) is 6.45. The zero-order valence-corrected chi connectivity index (χ0v) is 15.7. The summed E-state index contributed by atoms with van der Waals surface area (Å²) in [5, 5.41) is 5.64. The third-order valence-corrected chi connectivity index (χ3v) is 4.92. The van der Waals surface area contributed by atoms with Crippen molar-refractivity contribution in [3.63, 3.8) is 0 Å². The van der Waals surface area contributed by atoms with E-state index in [0.29, 0.717) is 23.8 Å². The Morgan fingerprint density at radius 2 is 2.12 bits per heavy atom. The lowest BCUT2D eigenvalue weighted by Crippen LogP contribution is -2.47. The molecular formula is C19H19ClN2O2S. The van der Waals surface area contributed by atoms with Crippen LogP contribution >= 0.6 is 22.9 Å². The fourth-order valence-corrected chi connectivity index (χ4v) is 3.39. The van der Waals surface area contributed by atoms with Crippen molar-refractivity contribution in [2.24, 2.45) is 0 Å². The largest absolute Gasteiger partial charge is 0.374 e. The van der Waals surface area contributed by atoms with Crippen molar-refractivity contribution in [1.29, 1.82) is 0 Å². The molecule has 130 valence electrons. The number of hydrogen-bond acceptors (Lipinski definition) is 4. The van der Waals surface area contributed by atoms with Gasteiger partial charge in [0.1, 0.15) is 0 Å². The molecule has 3 rings (SSSR count). The van der Waals surface area contributed by atoms with E-state index in [9.17, 15) is 4.79 Å². The van der Waals surface area contributed by atoms with Gasteiger partial charge >= 0.3 is 0 Å². The molecule has 25 heavy (non-hydrogen) atoms. The Labute approximate surface area is 155 Å². The molecule has 1 amide bonds. The fraction of sp³-hybridized carbons (Fsp3) is 0.263. The van der Waals surface area contributed by atoms with E-state index < -0.39 is 5.54 Å². The molecule has 1 aromatic carbocycles. The molecule has 0 atom stereocenters. The van der Waals surface area contributed by atoms with Gasteiger partial charge in [-0.2, -0.15) is 0 Å². The van der Waals surface area contributed by atoms with E-state index in [-0.39, 0.29) is 5.91 Å². The molecule has 6 heteroatoms. The third-order valence-electron chi connectivity index (χ3n) is 3.70. The molecule has 0 spiro atoms. The summed E-state index contributed by atoms with van der Waals surface area (Å²) >= 11 is 7.69. The number of halogens is 1. The highest BCUT2D eigenvalue weighted by Crippen LogP contribution is 2.20. The molecule has 0 unspecified atom stereocenters. The van der Waals surface area contributed by atoms with Gasteiger partial charge in [-0.15, -0.1) is 11.3 Å². The average molecular weight is 375 g/mol. The third kappa shape index (κ3) is 4.57. The number of aromatic nitrogens is 1. The van der Waals surface area contributed by atoms with Gasteiger partial charge in [0.15, 0.2) is 0 Å². The standard InChI is InChI=1S/C19H19ClN2O2S/c1-19(2,12-24-11-13-5-3-4-6-15(13)20)22-18(23)14-9-17-16(21-10-14)7-8-25-17/h3-10H,11-12H2,1-2H3,(H,22,23). The Morgan fingerprint density at radius 3 is 2.92 bits per heavy atom. The Morgan fingerprint density at radius 1 is 1.32 bits per heavy atom. The van der Waals surface area contributed by atoms with Crippen molar-refractivity contribution in [2.45, 2.75) is 26.0 Å². The molecule has 0 saturated carbocycles. The molecule has 0 radical (unpaired) electrons. The van der Waals surface area contributed by atoms with Gasteiger partial charge in [0.25, 0.3) is 5.91 Å². The number of ether oxygens (including phenoxy) is 1. The highest BCUT2D eigenvalue weighted by atomic mass is 35.5. The number of rotatable bonds is 6. The fourth-order valence-electron chi connectivity index (χ4n) is 2.42. The number of thiophene rings is 1. The van der Waals surface area contributed by atoms with Crippen molar-refractivity contribution in [1.82, 2.24) is 10.3 Å². The van der Waals surface area contributed by atoms with Crippen LogP contribution in [0.5, 0.6) is 0 Å². The van der Waals surface area contributed by atoms with Crippen molar-refractivity contribution >= 4 is 39.1 Å². The summed E-state index contributed by atoms with van der Waals surface area (Å²) in [6.07, 6.45) is 1.60. The summed E-state index contributed by atoms with van der Waals surface area (Å²) in [7, 11) is 0. The van der Waals surface area contributed by atoms with Crippen LogP contribution in [-0.4, -0.2) is 23.0 Å². The first kappa shape index (κ1) is 17.9. The zero-order valence-electron chi connectivity index (χ0n) is 14.1. The predicted molar refractivity (Wildman–Crippen MR) is 102 cm³/mol. The van der Waals surface area contributed by atoms with Gasteiger partial charge in [0.2, 0.25) is 0 Å². The number of fused-ring (bicyclic) bond motifs is 1. The molecule has 2 heterocycles. The van der Waals surface area contributed by atoms with E-state index in [1.165, 1.54) is 0 Å². The van der Waals surface area contributed by atoms with Gasteiger partial charge < -0.3 is 10.1 Å². The topological polar surface area (TPSA) is 51.2 Å². The van der Waals surface area contributed by atoms with Crippen LogP contribution in [-0.2, 0) is 11.3 Å². The summed E-state index contributed by atoms with van der Waals surface area (Å²) in [6, 6.07) is 11.4. The lowest BCUT2D eigenvalue weighted by Gasteiger charge is -2.26. The summed E-state index contributed by atoms with van der Waals surface area (Å²) in [5.74, 6) is -0.158. The van der Waals surface area contributed by atoms with E-state index in [1.54, 1.807) is 17.5 Å². The first-order valence-corrected chi connectivity index (χ1v) is 9.17. The highest BCUT2D eigenvalue weighted by Gasteiger charge is 2.22. The molecule has 2 aromatic heterocycles. The van der Waals surface area contributed by atoms with E-state index in [0.717, 1.165) is 15.8 Å². The quantitative estimate of drug-likeness (QED) is 0.681. The first-order valence-electron chi connectivity index (χ1n) is 7.91. The highest BCUT2D eigenvalue weighted by molar-refractivity contribution is 7.17. The van der Waals surface area contributed by atoms with Crippen molar-refractivity contribution < 1.29 is 9.53 Å². The Bertz CT molecular complexity index is 892. The number of pyridine rings is 1. The second-order valence-corrected chi connectivity index (χ2v) is 7.81. The SMILES string of the molecule is CC(C)(COCc1ccccc1Cl)NC(=O)c1cnc2ccsc2c1. The molecule has 4 nitrogen and oxygen atoms in total. The number of nitrogens with one attached hydrogen (secondary N) is 1. The predicted octanol–water partition coefficient (Wildman–Crippen LogP) is 4.67. The second kappa shape index (κ2) is 7.52. The Balaban J connectivity index is 1.58. The van der Waals surface area contributed by atoms with E-state index in [1.807, 2.05) is 55.6 Å². The Kier molecular flexibility index (Phi) is 5.37. The molecule has 0 aliphatic rings. The van der Waals surface area contributed by atoms with Gasteiger partial charge in [-0.3, -0.25) is 9.78 Å². The average Bonchev–Trinajstić information content (AvgIpc) is 3.03. The van der Waals surface area contributed by atoms with Crippen molar-refractivity contribution in [3.8, 4) is 0 Å². The minimum Gasteiger partial charge on any atom is -0.374 e. The summed E-state index contributed by atoms with van der Waals surface area (Å²) in [4.78, 5) is 16.8. The van der Waals surface area contributed by atoms with Crippen LogP contribution in [0.3, 0.4) is 0 Å². The van der Waals surface area contributed by atoms with Gasteiger partial charge in [-0.05, 0) is 43.0 Å². The van der Waals surface area contributed by atoms with Crippen LogP contribution < -0.4 is 5.32 Å². The summed E-state index contributed by atoms with van der Waals surface area (Å²) in [5.41, 5.74) is 1.87. The van der Waals surface area contributed by atoms with Crippen LogP contribution in [0.15, 0.2) is 48.0 Å². The molecule has 0 aliphatic carbocycles. The number of nitrogens with zero attached hydrogens (tertiary/aromatic N) is 1. The van der Waals surface area contributed by atoms with Gasteiger partial charge in [-0.25, -0.2) is 0 Å². The molecule has 1 N–H and O–H groups in total. The van der Waals surface area contributed by atoms with Crippen LogP contribution in [0.4, 0.5) is 0 Å². The van der Waals surface area contributed by atoms with Crippen LogP contribution in [0.1, 0.15) is 29.8 Å². The first-order chi connectivity index (χ1) is 11.9. The van der Waals surface area contributed by atoms with E-state index in [2.05, 4.69) is 10.3 Å². The monoisotopic (exact) mass is 374 g/mol. The number of hydrogen-bond donors (Lipinski definition) is 1. The molecule has 0 saturated heterocycles. The number of benzene rings is 1. The molecule has 0 bridgehead atoms. The molecular weight excluding hydrogens is 356 g/mol.